The Balaban J connectivity index is 2.09. The van der Waals surface area contributed by atoms with E-state index in [2.05, 4.69) is 26.0 Å². The molecule has 0 unspecified atom stereocenters. The molecule has 0 bridgehead atoms. The van der Waals surface area contributed by atoms with Crippen LogP contribution in [0.1, 0.15) is 19.4 Å². The van der Waals surface area contributed by atoms with Gasteiger partial charge in [0.25, 0.3) is 5.56 Å². The summed E-state index contributed by atoms with van der Waals surface area (Å²) in [6.07, 6.45) is 1.42. The van der Waals surface area contributed by atoms with Crippen LogP contribution in [0.2, 0.25) is 0 Å². The fourth-order valence-corrected chi connectivity index (χ4v) is 2.74. The van der Waals surface area contributed by atoms with E-state index in [0.29, 0.717) is 22.2 Å². The number of hydrogen-bond donors (Lipinski definition) is 1. The van der Waals surface area contributed by atoms with Gasteiger partial charge in [-0.15, -0.1) is 4.68 Å². The molecule has 3 rings (SSSR count). The molecule has 0 aliphatic rings. The van der Waals surface area contributed by atoms with Gasteiger partial charge < -0.3 is 9.72 Å². The normalized spacial score (nSPS) is 11.5. The number of H-pyrrole nitrogens is 1. The summed E-state index contributed by atoms with van der Waals surface area (Å²) in [4.78, 5) is 27.3. The van der Waals surface area contributed by atoms with Gasteiger partial charge in [-0.05, 0) is 44.2 Å². The lowest BCUT2D eigenvalue weighted by atomic mass is 10.2. The van der Waals surface area contributed by atoms with Gasteiger partial charge >= 0.3 is 5.69 Å². The molecule has 0 radical (unpaired) electrons. The first-order valence-corrected chi connectivity index (χ1v) is 8.49. The first-order chi connectivity index (χ1) is 12.0. The number of halogens is 1. The quantitative estimate of drug-likeness (QED) is 0.682. The van der Waals surface area contributed by atoms with Crippen molar-refractivity contribution in [1.29, 1.82) is 0 Å². The molecule has 0 fully saturated rings. The van der Waals surface area contributed by atoms with Crippen molar-refractivity contribution in [3.8, 4) is 5.75 Å². The molecule has 0 saturated heterocycles. The smallest absolute Gasteiger partial charge is 0.349 e. The van der Waals surface area contributed by atoms with Crippen molar-refractivity contribution in [2.75, 3.05) is 0 Å². The number of nitrogens with one attached hydrogen (secondary N) is 1. The summed E-state index contributed by atoms with van der Waals surface area (Å²) < 4.78 is 7.38. The van der Waals surface area contributed by atoms with E-state index in [1.807, 2.05) is 26.0 Å². The van der Waals surface area contributed by atoms with E-state index in [4.69, 9.17) is 4.74 Å². The van der Waals surface area contributed by atoms with Gasteiger partial charge in [0.2, 0.25) is 0 Å². The Morgan fingerprint density at radius 3 is 2.72 bits per heavy atom. The van der Waals surface area contributed by atoms with Crippen LogP contribution in [0.4, 0.5) is 0 Å². The SMILES string of the molecule is CC(C)Oc1ccc(Br)cc1C=Nn1c(=O)[nH]c2ccccc2c1=O. The number of fused-ring (bicyclic) bond motifs is 1. The van der Waals surface area contributed by atoms with E-state index < -0.39 is 11.2 Å². The molecule has 1 aromatic heterocycles. The van der Waals surface area contributed by atoms with Crippen molar-refractivity contribution >= 4 is 33.0 Å². The summed E-state index contributed by atoms with van der Waals surface area (Å²) in [5.41, 5.74) is 0.0657. The predicted octanol–water partition coefficient (Wildman–Crippen LogP) is 3.12. The number of ether oxygens (including phenoxy) is 1. The van der Waals surface area contributed by atoms with E-state index in [-0.39, 0.29) is 6.10 Å². The molecule has 0 spiro atoms. The molecule has 3 aromatic rings. The molecule has 128 valence electrons. The van der Waals surface area contributed by atoms with Crippen LogP contribution in [0.5, 0.6) is 5.75 Å². The third-order valence-corrected chi connectivity index (χ3v) is 3.92. The van der Waals surface area contributed by atoms with Gasteiger partial charge in [-0.1, -0.05) is 28.1 Å². The summed E-state index contributed by atoms with van der Waals surface area (Å²) in [5, 5.41) is 4.46. The molecular weight excluding hydrogens is 386 g/mol. The van der Waals surface area contributed by atoms with Gasteiger partial charge in [0.1, 0.15) is 5.75 Å². The second-order valence-electron chi connectivity index (χ2n) is 5.69. The zero-order chi connectivity index (χ0) is 18.0. The number of benzene rings is 2. The highest BCUT2D eigenvalue weighted by molar-refractivity contribution is 9.10. The lowest BCUT2D eigenvalue weighted by Crippen LogP contribution is -2.32. The molecule has 1 N–H and O–H groups in total. The molecule has 2 aromatic carbocycles. The van der Waals surface area contributed by atoms with Crippen LogP contribution in [0.15, 0.2) is 61.6 Å². The Bertz CT molecular complexity index is 1070. The number of aromatic amines is 1. The van der Waals surface area contributed by atoms with Crippen molar-refractivity contribution in [2.24, 2.45) is 5.10 Å². The Kier molecular flexibility index (Phi) is 4.85. The molecule has 7 heteroatoms. The third kappa shape index (κ3) is 3.71. The summed E-state index contributed by atoms with van der Waals surface area (Å²) in [7, 11) is 0. The maximum absolute atomic E-state index is 12.5. The maximum Gasteiger partial charge on any atom is 0.349 e. The first-order valence-electron chi connectivity index (χ1n) is 7.70. The van der Waals surface area contributed by atoms with Crippen molar-refractivity contribution in [2.45, 2.75) is 20.0 Å². The highest BCUT2D eigenvalue weighted by Crippen LogP contribution is 2.22. The van der Waals surface area contributed by atoms with E-state index in [9.17, 15) is 9.59 Å². The van der Waals surface area contributed by atoms with Gasteiger partial charge in [-0.2, -0.15) is 5.10 Å². The van der Waals surface area contributed by atoms with Gasteiger partial charge in [-0.25, -0.2) is 4.79 Å². The minimum Gasteiger partial charge on any atom is -0.490 e. The summed E-state index contributed by atoms with van der Waals surface area (Å²) in [6.45, 7) is 3.84. The highest BCUT2D eigenvalue weighted by atomic mass is 79.9. The van der Waals surface area contributed by atoms with E-state index in [0.717, 1.165) is 9.15 Å². The molecule has 0 saturated carbocycles. The van der Waals surface area contributed by atoms with Crippen LogP contribution >= 0.6 is 15.9 Å². The zero-order valence-electron chi connectivity index (χ0n) is 13.7. The second-order valence-corrected chi connectivity index (χ2v) is 6.60. The van der Waals surface area contributed by atoms with Gasteiger partial charge in [0.05, 0.1) is 23.2 Å². The van der Waals surface area contributed by atoms with Crippen LogP contribution in [-0.2, 0) is 0 Å². The van der Waals surface area contributed by atoms with Crippen molar-refractivity contribution < 1.29 is 4.74 Å². The summed E-state index contributed by atoms with van der Waals surface area (Å²) >= 11 is 3.40. The lowest BCUT2D eigenvalue weighted by Gasteiger charge is -2.12. The first kappa shape index (κ1) is 17.2. The number of rotatable bonds is 4. The summed E-state index contributed by atoms with van der Waals surface area (Å²) in [6, 6.07) is 12.3. The summed E-state index contributed by atoms with van der Waals surface area (Å²) in [5.74, 6) is 0.618. The van der Waals surface area contributed by atoms with Crippen LogP contribution < -0.4 is 16.0 Å². The third-order valence-electron chi connectivity index (χ3n) is 3.43. The molecule has 0 amide bonds. The fraction of sp³-hybridized carbons (Fsp3) is 0.167. The monoisotopic (exact) mass is 401 g/mol. The zero-order valence-corrected chi connectivity index (χ0v) is 15.3. The average Bonchev–Trinajstić information content (AvgIpc) is 2.56. The number of nitrogens with zero attached hydrogens (tertiary/aromatic N) is 2. The minimum atomic E-state index is -0.596. The van der Waals surface area contributed by atoms with Gasteiger partial charge in [0, 0.05) is 10.0 Å². The molecule has 0 aliphatic carbocycles. The van der Waals surface area contributed by atoms with Gasteiger partial charge in [-0.3, -0.25) is 4.79 Å². The maximum atomic E-state index is 12.5. The van der Waals surface area contributed by atoms with Crippen molar-refractivity contribution in [1.82, 2.24) is 9.66 Å². The van der Waals surface area contributed by atoms with Crippen LogP contribution in [0.25, 0.3) is 10.9 Å². The number of para-hydroxylation sites is 1. The predicted molar refractivity (Wildman–Crippen MR) is 102 cm³/mol. The molecule has 0 atom stereocenters. The van der Waals surface area contributed by atoms with Crippen LogP contribution in [-0.4, -0.2) is 22.0 Å². The standard InChI is InChI=1S/C18H16BrN3O3/c1-11(2)25-16-8-7-13(19)9-12(16)10-20-22-17(23)14-5-3-4-6-15(14)21-18(22)24/h3-11H,1-2H3,(H,21,24). The second kappa shape index (κ2) is 7.06. The largest absolute Gasteiger partial charge is 0.490 e. The molecule has 1 heterocycles. The van der Waals surface area contributed by atoms with Gasteiger partial charge in [0.15, 0.2) is 0 Å². The molecule has 6 nitrogen and oxygen atoms in total. The highest BCUT2D eigenvalue weighted by Gasteiger charge is 2.08. The van der Waals surface area contributed by atoms with Crippen molar-refractivity contribution in [3.63, 3.8) is 0 Å². The molecule has 25 heavy (non-hydrogen) atoms. The Labute approximate surface area is 151 Å². The topological polar surface area (TPSA) is 76.5 Å². The lowest BCUT2D eigenvalue weighted by molar-refractivity contribution is 0.242. The number of hydrogen-bond acceptors (Lipinski definition) is 4. The molecular formula is C18H16BrN3O3. The Morgan fingerprint density at radius 2 is 1.96 bits per heavy atom. The van der Waals surface area contributed by atoms with E-state index in [1.54, 1.807) is 30.3 Å². The average molecular weight is 402 g/mol. The van der Waals surface area contributed by atoms with Crippen LogP contribution in [0.3, 0.4) is 0 Å². The van der Waals surface area contributed by atoms with Crippen molar-refractivity contribution in [3.05, 3.63) is 73.3 Å². The number of aromatic nitrogens is 2. The van der Waals surface area contributed by atoms with E-state index >= 15 is 0 Å². The fourth-order valence-electron chi connectivity index (χ4n) is 2.36. The Hall–Kier alpha value is -2.67. The van der Waals surface area contributed by atoms with Crippen LogP contribution in [0, 0.1) is 0 Å². The Morgan fingerprint density at radius 1 is 1.20 bits per heavy atom. The molecule has 0 aliphatic heterocycles. The minimum absolute atomic E-state index is 0.0138. The van der Waals surface area contributed by atoms with E-state index in [1.165, 1.54) is 6.21 Å².